The molecule has 0 saturated heterocycles. The quantitative estimate of drug-likeness (QED) is 0.561. The number of hydrogen-bond acceptors (Lipinski definition) is 5. The third-order valence-corrected chi connectivity index (χ3v) is 2.88. The molecule has 0 heterocycles. The fourth-order valence-corrected chi connectivity index (χ4v) is 2.00. The monoisotopic (exact) mass is 280 g/mol. The van der Waals surface area contributed by atoms with E-state index >= 15 is 0 Å². The first-order chi connectivity index (χ1) is 9.47. The zero-order valence-corrected chi connectivity index (χ0v) is 11.4. The van der Waals surface area contributed by atoms with Crippen molar-refractivity contribution >= 4 is 11.8 Å². The molecule has 1 atom stereocenters. The van der Waals surface area contributed by atoms with Gasteiger partial charge in [0.2, 0.25) is 11.8 Å². The Kier molecular flexibility index (Phi) is 5.95. The minimum Gasteiger partial charge on any atom is -0.497 e. The molecule has 6 N–H and O–H groups in total. The van der Waals surface area contributed by atoms with Crippen molar-refractivity contribution in [2.24, 2.45) is 17.2 Å². The van der Waals surface area contributed by atoms with Crippen LogP contribution in [-0.2, 0) is 9.59 Å². The lowest BCUT2D eigenvalue weighted by Gasteiger charge is -2.29. The van der Waals surface area contributed by atoms with Crippen molar-refractivity contribution < 1.29 is 14.3 Å². The SMILES string of the molecule is COc1ccc(C(CN)N(CC(N)=O)CC(N)=O)cc1. The highest BCUT2D eigenvalue weighted by Crippen LogP contribution is 2.22. The van der Waals surface area contributed by atoms with Crippen LogP contribution in [0.25, 0.3) is 0 Å². The summed E-state index contributed by atoms with van der Waals surface area (Å²) in [7, 11) is 1.57. The van der Waals surface area contributed by atoms with Crippen LogP contribution in [0.5, 0.6) is 5.75 Å². The van der Waals surface area contributed by atoms with E-state index < -0.39 is 11.8 Å². The molecule has 7 heteroatoms. The average molecular weight is 280 g/mol. The lowest BCUT2D eigenvalue weighted by molar-refractivity contribution is -0.122. The van der Waals surface area contributed by atoms with Crippen LogP contribution in [0, 0.1) is 0 Å². The van der Waals surface area contributed by atoms with Crippen molar-refractivity contribution in [1.29, 1.82) is 0 Å². The van der Waals surface area contributed by atoms with Crippen molar-refractivity contribution in [1.82, 2.24) is 4.90 Å². The molecule has 0 aliphatic carbocycles. The van der Waals surface area contributed by atoms with Crippen LogP contribution >= 0.6 is 0 Å². The number of nitrogens with two attached hydrogens (primary N) is 3. The maximum atomic E-state index is 11.1. The highest BCUT2D eigenvalue weighted by atomic mass is 16.5. The highest BCUT2D eigenvalue weighted by molar-refractivity contribution is 5.79. The summed E-state index contributed by atoms with van der Waals surface area (Å²) < 4.78 is 5.08. The summed E-state index contributed by atoms with van der Waals surface area (Å²) in [5.41, 5.74) is 17.0. The molecule has 0 spiro atoms. The van der Waals surface area contributed by atoms with E-state index in [0.717, 1.165) is 5.56 Å². The summed E-state index contributed by atoms with van der Waals surface area (Å²) in [4.78, 5) is 23.8. The number of carbonyl (C=O) groups excluding carboxylic acids is 2. The summed E-state index contributed by atoms with van der Waals surface area (Å²) in [6, 6.07) is 6.90. The van der Waals surface area contributed by atoms with Crippen LogP contribution in [0.15, 0.2) is 24.3 Å². The fraction of sp³-hybridized carbons (Fsp3) is 0.385. The largest absolute Gasteiger partial charge is 0.497 e. The Bertz CT molecular complexity index is 445. The lowest BCUT2D eigenvalue weighted by Crippen LogP contribution is -2.44. The van der Waals surface area contributed by atoms with E-state index in [1.807, 2.05) is 12.1 Å². The first kappa shape index (κ1) is 15.9. The molecule has 0 aromatic heterocycles. The van der Waals surface area contributed by atoms with Gasteiger partial charge < -0.3 is 21.9 Å². The Morgan fingerprint density at radius 2 is 1.65 bits per heavy atom. The Morgan fingerprint density at radius 1 is 1.15 bits per heavy atom. The number of rotatable bonds is 8. The van der Waals surface area contributed by atoms with Gasteiger partial charge in [-0.1, -0.05) is 12.1 Å². The minimum absolute atomic E-state index is 0.0865. The van der Waals surface area contributed by atoms with Gasteiger partial charge in [-0.05, 0) is 17.7 Å². The molecule has 1 unspecified atom stereocenters. The number of methoxy groups -OCH3 is 1. The number of benzene rings is 1. The van der Waals surface area contributed by atoms with E-state index in [4.69, 9.17) is 21.9 Å². The van der Waals surface area contributed by atoms with Crippen LogP contribution in [0.3, 0.4) is 0 Å². The van der Waals surface area contributed by atoms with Gasteiger partial charge in [-0.25, -0.2) is 0 Å². The van der Waals surface area contributed by atoms with Gasteiger partial charge in [-0.3, -0.25) is 14.5 Å². The van der Waals surface area contributed by atoms with Gasteiger partial charge in [0.15, 0.2) is 0 Å². The Labute approximate surface area is 117 Å². The van der Waals surface area contributed by atoms with Gasteiger partial charge >= 0.3 is 0 Å². The van der Waals surface area contributed by atoms with Gasteiger partial charge in [0.05, 0.1) is 20.2 Å². The summed E-state index contributed by atoms with van der Waals surface area (Å²) in [6.45, 7) is 0.0561. The van der Waals surface area contributed by atoms with E-state index in [9.17, 15) is 9.59 Å². The van der Waals surface area contributed by atoms with Crippen molar-refractivity contribution in [3.63, 3.8) is 0 Å². The number of nitrogens with zero attached hydrogens (tertiary/aromatic N) is 1. The summed E-state index contributed by atoms with van der Waals surface area (Å²) in [5, 5.41) is 0. The van der Waals surface area contributed by atoms with Gasteiger partial charge in [-0.2, -0.15) is 0 Å². The third-order valence-electron chi connectivity index (χ3n) is 2.88. The molecule has 110 valence electrons. The number of carbonyl (C=O) groups is 2. The second-order valence-electron chi connectivity index (χ2n) is 4.36. The van der Waals surface area contributed by atoms with Gasteiger partial charge in [0, 0.05) is 12.6 Å². The van der Waals surface area contributed by atoms with Crippen LogP contribution in [-0.4, -0.2) is 43.5 Å². The van der Waals surface area contributed by atoms with E-state index in [1.54, 1.807) is 24.1 Å². The molecule has 0 saturated carbocycles. The molecule has 0 radical (unpaired) electrons. The van der Waals surface area contributed by atoms with E-state index in [-0.39, 0.29) is 25.7 Å². The zero-order valence-electron chi connectivity index (χ0n) is 11.4. The molecular weight excluding hydrogens is 260 g/mol. The second-order valence-corrected chi connectivity index (χ2v) is 4.36. The highest BCUT2D eigenvalue weighted by Gasteiger charge is 2.22. The zero-order chi connectivity index (χ0) is 15.1. The van der Waals surface area contributed by atoms with Crippen LogP contribution in [0.2, 0.25) is 0 Å². The lowest BCUT2D eigenvalue weighted by atomic mass is 10.0. The Hall–Kier alpha value is -2.12. The topological polar surface area (TPSA) is 125 Å². The first-order valence-corrected chi connectivity index (χ1v) is 6.12. The molecule has 1 aromatic rings. The van der Waals surface area contributed by atoms with Crippen LogP contribution in [0.1, 0.15) is 11.6 Å². The van der Waals surface area contributed by atoms with Gasteiger partial charge in [-0.15, -0.1) is 0 Å². The molecular formula is C13H20N4O3. The molecule has 0 fully saturated rings. The molecule has 0 aliphatic heterocycles. The predicted octanol–water partition coefficient (Wildman–Crippen LogP) is -1.03. The smallest absolute Gasteiger partial charge is 0.231 e. The molecule has 1 rings (SSSR count). The Balaban J connectivity index is 2.97. The standard InChI is InChI=1S/C13H20N4O3/c1-20-10-4-2-9(3-5-10)11(6-14)17(7-12(15)18)8-13(16)19/h2-5,11H,6-8,14H2,1H3,(H2,15,18)(H2,16,19). The molecule has 0 bridgehead atoms. The summed E-state index contributed by atoms with van der Waals surface area (Å²) >= 11 is 0. The van der Waals surface area contributed by atoms with Crippen LogP contribution < -0.4 is 21.9 Å². The van der Waals surface area contributed by atoms with Crippen molar-refractivity contribution in [3.8, 4) is 5.75 Å². The number of hydrogen-bond donors (Lipinski definition) is 3. The maximum Gasteiger partial charge on any atom is 0.231 e. The maximum absolute atomic E-state index is 11.1. The van der Waals surface area contributed by atoms with Gasteiger partial charge in [0.1, 0.15) is 5.75 Å². The second kappa shape index (κ2) is 7.46. The van der Waals surface area contributed by atoms with Crippen molar-refractivity contribution in [3.05, 3.63) is 29.8 Å². The molecule has 7 nitrogen and oxygen atoms in total. The fourth-order valence-electron chi connectivity index (χ4n) is 2.00. The number of primary amides is 2. The van der Waals surface area contributed by atoms with Crippen molar-refractivity contribution in [2.45, 2.75) is 6.04 Å². The molecule has 20 heavy (non-hydrogen) atoms. The number of amides is 2. The van der Waals surface area contributed by atoms with Gasteiger partial charge in [0.25, 0.3) is 0 Å². The van der Waals surface area contributed by atoms with E-state index in [0.29, 0.717) is 5.75 Å². The van der Waals surface area contributed by atoms with Crippen molar-refractivity contribution in [2.75, 3.05) is 26.7 Å². The third kappa shape index (κ3) is 4.52. The predicted molar refractivity (Wildman–Crippen MR) is 74.8 cm³/mol. The Morgan fingerprint density at radius 3 is 2.00 bits per heavy atom. The first-order valence-electron chi connectivity index (χ1n) is 6.12. The summed E-state index contributed by atoms with van der Waals surface area (Å²) in [5.74, 6) is -0.378. The average Bonchev–Trinajstić information content (AvgIpc) is 2.39. The number of ether oxygens (including phenoxy) is 1. The van der Waals surface area contributed by atoms with Crippen LogP contribution in [0.4, 0.5) is 0 Å². The molecule has 0 aliphatic rings. The van der Waals surface area contributed by atoms with E-state index in [2.05, 4.69) is 0 Å². The normalized spacial score (nSPS) is 12.2. The minimum atomic E-state index is -0.543. The summed E-state index contributed by atoms with van der Waals surface area (Å²) in [6.07, 6.45) is 0. The molecule has 2 amide bonds. The van der Waals surface area contributed by atoms with E-state index in [1.165, 1.54) is 0 Å². The molecule has 1 aromatic carbocycles.